The number of ether oxygens (including phenoxy) is 1. The van der Waals surface area contributed by atoms with E-state index in [1.54, 1.807) is 6.07 Å². The summed E-state index contributed by atoms with van der Waals surface area (Å²) in [5.74, 6) is -0.132. The third-order valence-electron chi connectivity index (χ3n) is 3.55. The van der Waals surface area contributed by atoms with E-state index in [1.807, 2.05) is 0 Å². The zero-order valence-corrected chi connectivity index (χ0v) is 10.7. The molecule has 1 aliphatic heterocycles. The molecule has 1 fully saturated rings. The van der Waals surface area contributed by atoms with Gasteiger partial charge >= 0.3 is 5.97 Å². The molecule has 1 heterocycles. The van der Waals surface area contributed by atoms with Crippen LogP contribution in [0.1, 0.15) is 35.2 Å². The fourth-order valence-electron chi connectivity index (χ4n) is 2.57. The number of hydrogen-bond donors (Lipinski definition) is 1. The van der Waals surface area contributed by atoms with Gasteiger partial charge in [0.15, 0.2) is 0 Å². The van der Waals surface area contributed by atoms with Gasteiger partial charge in [-0.3, -0.25) is 0 Å². The topological polar surface area (TPSA) is 38.3 Å². The van der Waals surface area contributed by atoms with Crippen molar-refractivity contribution in [3.05, 3.63) is 35.1 Å². The number of rotatable bonds is 2. The smallest absolute Gasteiger partial charge is 0.337 e. The average Bonchev–Trinajstić information content (AvgIpc) is 2.37. The van der Waals surface area contributed by atoms with E-state index < -0.39 is 5.97 Å². The van der Waals surface area contributed by atoms with Crippen LogP contribution in [0.4, 0.5) is 4.39 Å². The molecular formula is C14H18FNO2. The number of hydrogen-bond acceptors (Lipinski definition) is 3. The number of carbonyl (C=O) groups is 1. The monoisotopic (exact) mass is 251 g/mol. The van der Waals surface area contributed by atoms with Crippen LogP contribution in [0.15, 0.2) is 18.2 Å². The van der Waals surface area contributed by atoms with E-state index in [0.29, 0.717) is 17.4 Å². The molecule has 98 valence electrons. The Morgan fingerprint density at radius 2 is 2.22 bits per heavy atom. The van der Waals surface area contributed by atoms with Crippen molar-refractivity contribution in [1.82, 2.24) is 5.32 Å². The Morgan fingerprint density at radius 3 is 2.89 bits per heavy atom. The van der Waals surface area contributed by atoms with Gasteiger partial charge in [0.25, 0.3) is 0 Å². The maximum absolute atomic E-state index is 13.6. The van der Waals surface area contributed by atoms with Gasteiger partial charge in [-0.1, -0.05) is 6.92 Å². The minimum absolute atomic E-state index is 0.290. The Morgan fingerprint density at radius 1 is 1.44 bits per heavy atom. The van der Waals surface area contributed by atoms with E-state index >= 15 is 0 Å². The van der Waals surface area contributed by atoms with Crippen LogP contribution in [0.2, 0.25) is 0 Å². The first kappa shape index (κ1) is 13.0. The summed E-state index contributed by atoms with van der Waals surface area (Å²) in [6.07, 6.45) is 0.964. The molecular weight excluding hydrogens is 233 g/mol. The summed E-state index contributed by atoms with van der Waals surface area (Å²) >= 11 is 0. The highest BCUT2D eigenvalue weighted by molar-refractivity contribution is 5.89. The minimum Gasteiger partial charge on any atom is -0.465 e. The van der Waals surface area contributed by atoms with Crippen molar-refractivity contribution in [2.75, 3.05) is 20.2 Å². The van der Waals surface area contributed by atoms with Crippen LogP contribution in [0, 0.1) is 11.7 Å². The Bertz CT molecular complexity index is 447. The van der Waals surface area contributed by atoms with E-state index in [9.17, 15) is 9.18 Å². The fraction of sp³-hybridized carbons (Fsp3) is 0.500. The standard InChI is InChI=1S/C14H18FNO2/c1-9-8-16-4-3-13(9)10-5-11(14(17)18-2)7-12(15)6-10/h5-7,9,13,16H,3-4,8H2,1-2H3/t9-,13-/m1/s1. The van der Waals surface area contributed by atoms with E-state index in [-0.39, 0.29) is 5.82 Å². The van der Waals surface area contributed by atoms with Gasteiger partial charge in [-0.05, 0) is 55.1 Å². The minimum atomic E-state index is -0.489. The lowest BCUT2D eigenvalue weighted by molar-refractivity contribution is 0.0600. The molecule has 2 rings (SSSR count). The van der Waals surface area contributed by atoms with Crippen LogP contribution in [0.5, 0.6) is 0 Å². The van der Waals surface area contributed by atoms with Gasteiger partial charge in [0.2, 0.25) is 0 Å². The van der Waals surface area contributed by atoms with Crippen molar-refractivity contribution < 1.29 is 13.9 Å². The normalized spacial score (nSPS) is 23.7. The first-order valence-electron chi connectivity index (χ1n) is 6.21. The summed E-state index contributed by atoms with van der Waals surface area (Å²) in [6, 6.07) is 4.50. The highest BCUT2D eigenvalue weighted by Crippen LogP contribution is 2.31. The molecule has 2 atom stereocenters. The summed E-state index contributed by atoms with van der Waals surface area (Å²) in [5, 5.41) is 3.31. The number of benzene rings is 1. The number of halogens is 1. The third-order valence-corrected chi connectivity index (χ3v) is 3.55. The second-order valence-corrected chi connectivity index (χ2v) is 4.84. The molecule has 0 spiro atoms. The van der Waals surface area contributed by atoms with Gasteiger partial charge in [0.1, 0.15) is 5.82 Å². The van der Waals surface area contributed by atoms with Gasteiger partial charge in [0.05, 0.1) is 12.7 Å². The quantitative estimate of drug-likeness (QED) is 0.820. The van der Waals surface area contributed by atoms with Crippen molar-refractivity contribution in [2.45, 2.75) is 19.3 Å². The number of nitrogens with one attached hydrogen (secondary N) is 1. The molecule has 1 aromatic rings. The van der Waals surface area contributed by atoms with E-state index in [2.05, 4.69) is 17.0 Å². The highest BCUT2D eigenvalue weighted by atomic mass is 19.1. The van der Waals surface area contributed by atoms with Crippen molar-refractivity contribution in [2.24, 2.45) is 5.92 Å². The van der Waals surface area contributed by atoms with Crippen LogP contribution in [0.25, 0.3) is 0 Å². The van der Waals surface area contributed by atoms with E-state index in [1.165, 1.54) is 19.2 Å². The van der Waals surface area contributed by atoms with Crippen molar-refractivity contribution >= 4 is 5.97 Å². The molecule has 1 aromatic carbocycles. The highest BCUT2D eigenvalue weighted by Gasteiger charge is 2.24. The second-order valence-electron chi connectivity index (χ2n) is 4.84. The van der Waals surface area contributed by atoms with Gasteiger partial charge in [-0.15, -0.1) is 0 Å². The van der Waals surface area contributed by atoms with Crippen LogP contribution < -0.4 is 5.32 Å². The van der Waals surface area contributed by atoms with E-state index in [4.69, 9.17) is 0 Å². The van der Waals surface area contributed by atoms with Crippen LogP contribution >= 0.6 is 0 Å². The Balaban J connectivity index is 2.32. The number of esters is 1. The molecule has 0 bridgehead atoms. The summed E-state index contributed by atoms with van der Waals surface area (Å²) in [7, 11) is 1.31. The molecule has 0 aromatic heterocycles. The molecule has 1 N–H and O–H groups in total. The number of piperidine rings is 1. The lowest BCUT2D eigenvalue weighted by atomic mass is 9.82. The molecule has 1 saturated heterocycles. The maximum Gasteiger partial charge on any atom is 0.337 e. The maximum atomic E-state index is 13.6. The van der Waals surface area contributed by atoms with Gasteiger partial charge < -0.3 is 10.1 Å². The summed E-state index contributed by atoms with van der Waals surface area (Å²) in [6.45, 7) is 3.99. The molecule has 18 heavy (non-hydrogen) atoms. The largest absolute Gasteiger partial charge is 0.465 e. The third kappa shape index (κ3) is 2.70. The predicted molar refractivity (Wildman–Crippen MR) is 67.1 cm³/mol. The zero-order chi connectivity index (χ0) is 13.1. The Kier molecular flexibility index (Phi) is 3.97. The molecule has 4 heteroatoms. The fourth-order valence-corrected chi connectivity index (χ4v) is 2.57. The first-order valence-corrected chi connectivity index (χ1v) is 6.21. The molecule has 0 radical (unpaired) electrons. The molecule has 0 amide bonds. The molecule has 1 aliphatic rings. The van der Waals surface area contributed by atoms with Crippen molar-refractivity contribution in [3.63, 3.8) is 0 Å². The number of methoxy groups -OCH3 is 1. The zero-order valence-electron chi connectivity index (χ0n) is 10.7. The SMILES string of the molecule is COC(=O)c1cc(F)cc([C@@H]2CCNC[C@H]2C)c1. The number of carbonyl (C=O) groups excluding carboxylic acids is 1. The Hall–Kier alpha value is -1.42. The second kappa shape index (κ2) is 5.48. The molecule has 0 aliphatic carbocycles. The predicted octanol–water partition coefficient (Wildman–Crippen LogP) is 2.33. The van der Waals surface area contributed by atoms with Gasteiger partial charge in [0, 0.05) is 0 Å². The van der Waals surface area contributed by atoms with Crippen molar-refractivity contribution in [1.29, 1.82) is 0 Å². The summed E-state index contributed by atoms with van der Waals surface area (Å²) < 4.78 is 18.2. The lowest BCUT2D eigenvalue weighted by Gasteiger charge is -2.30. The van der Waals surface area contributed by atoms with Gasteiger partial charge in [-0.25, -0.2) is 9.18 Å². The van der Waals surface area contributed by atoms with Crippen LogP contribution in [-0.4, -0.2) is 26.2 Å². The Labute approximate surface area is 106 Å². The first-order chi connectivity index (χ1) is 8.61. The molecule has 0 unspecified atom stereocenters. The van der Waals surface area contributed by atoms with Gasteiger partial charge in [-0.2, -0.15) is 0 Å². The van der Waals surface area contributed by atoms with Crippen LogP contribution in [0.3, 0.4) is 0 Å². The summed E-state index contributed by atoms with van der Waals surface area (Å²) in [5.41, 5.74) is 1.18. The molecule has 3 nitrogen and oxygen atoms in total. The summed E-state index contributed by atoms with van der Waals surface area (Å²) in [4.78, 5) is 11.5. The lowest BCUT2D eigenvalue weighted by Crippen LogP contribution is -2.33. The molecule has 0 saturated carbocycles. The van der Waals surface area contributed by atoms with Crippen LogP contribution in [-0.2, 0) is 4.74 Å². The van der Waals surface area contributed by atoms with Crippen molar-refractivity contribution in [3.8, 4) is 0 Å². The average molecular weight is 251 g/mol. The van der Waals surface area contributed by atoms with E-state index in [0.717, 1.165) is 25.1 Å².